The highest BCUT2D eigenvalue weighted by atomic mass is 35.5. The zero-order valence-corrected chi connectivity index (χ0v) is 20.0. The van der Waals surface area contributed by atoms with Crippen LogP contribution in [0.2, 0.25) is 5.02 Å². The highest BCUT2D eigenvalue weighted by Gasteiger charge is 2.41. The van der Waals surface area contributed by atoms with Gasteiger partial charge >= 0.3 is 12.1 Å². The van der Waals surface area contributed by atoms with Gasteiger partial charge in [0.25, 0.3) is 0 Å². The van der Waals surface area contributed by atoms with E-state index in [9.17, 15) is 27.2 Å². The number of fused-ring (bicyclic) bond motifs is 1. The normalized spacial score (nSPS) is 20.5. The molecule has 1 aromatic carbocycles. The molecule has 0 bridgehead atoms. The second-order valence-electron chi connectivity index (χ2n) is 9.18. The minimum absolute atomic E-state index is 0.0219. The largest absolute Gasteiger partial charge is 0.469 e. The van der Waals surface area contributed by atoms with Gasteiger partial charge in [-0.05, 0) is 50.2 Å². The fraction of sp³-hybridized carbons (Fsp3) is 0.542. The Bertz CT molecular complexity index is 1110. The van der Waals surface area contributed by atoms with Crippen molar-refractivity contribution in [1.29, 1.82) is 0 Å². The third-order valence-electron chi connectivity index (χ3n) is 6.94. The summed E-state index contributed by atoms with van der Waals surface area (Å²) in [6, 6.07) is 3.98. The molecule has 1 saturated carbocycles. The Kier molecular flexibility index (Phi) is 7.40. The van der Waals surface area contributed by atoms with Crippen LogP contribution < -0.4 is 0 Å². The second-order valence-corrected chi connectivity index (χ2v) is 9.61. The second kappa shape index (κ2) is 10.2. The molecule has 2 aromatic rings. The fourth-order valence-electron chi connectivity index (χ4n) is 5.01. The Morgan fingerprint density at radius 3 is 2.54 bits per heavy atom. The van der Waals surface area contributed by atoms with Gasteiger partial charge in [-0.1, -0.05) is 17.7 Å². The molecule has 0 atom stereocenters. The Hall–Kier alpha value is -2.62. The third kappa shape index (κ3) is 5.63. The lowest BCUT2D eigenvalue weighted by atomic mass is 9.80. The minimum atomic E-state index is -4.65. The molecule has 0 radical (unpaired) electrons. The molecule has 2 heterocycles. The lowest BCUT2D eigenvalue weighted by Gasteiger charge is -2.31. The van der Waals surface area contributed by atoms with Crippen molar-refractivity contribution in [3.05, 3.63) is 51.6 Å². The van der Waals surface area contributed by atoms with Crippen LogP contribution in [-0.2, 0) is 40.0 Å². The van der Waals surface area contributed by atoms with Gasteiger partial charge < -0.3 is 9.64 Å². The monoisotopic (exact) mass is 515 g/mol. The van der Waals surface area contributed by atoms with Crippen LogP contribution in [0.3, 0.4) is 0 Å². The lowest BCUT2D eigenvalue weighted by Crippen LogP contribution is -2.38. The van der Waals surface area contributed by atoms with Gasteiger partial charge in [0.15, 0.2) is 5.69 Å². The first-order valence-electron chi connectivity index (χ1n) is 11.5. The van der Waals surface area contributed by atoms with Crippen molar-refractivity contribution in [3.63, 3.8) is 0 Å². The number of carbonyl (C=O) groups excluding carboxylic acids is 2. The van der Waals surface area contributed by atoms with E-state index in [4.69, 9.17) is 16.3 Å². The fourth-order valence-corrected chi connectivity index (χ4v) is 5.17. The zero-order chi connectivity index (χ0) is 25.3. The minimum Gasteiger partial charge on any atom is -0.469 e. The number of hydrogen-bond donors (Lipinski definition) is 0. The number of nitrogens with zero attached hydrogens (tertiary/aromatic N) is 3. The van der Waals surface area contributed by atoms with Crippen molar-refractivity contribution in [1.82, 2.24) is 14.7 Å². The van der Waals surface area contributed by atoms with E-state index >= 15 is 0 Å². The van der Waals surface area contributed by atoms with E-state index < -0.39 is 17.7 Å². The molecule has 6 nitrogen and oxygen atoms in total. The maximum absolute atomic E-state index is 14.3. The molecule has 1 amide bonds. The summed E-state index contributed by atoms with van der Waals surface area (Å²) in [7, 11) is 1.36. The molecule has 1 aliphatic heterocycles. The molecule has 0 N–H and O–H groups in total. The summed E-state index contributed by atoms with van der Waals surface area (Å²) in [6.07, 6.45) is -1.61. The zero-order valence-electron chi connectivity index (χ0n) is 19.2. The van der Waals surface area contributed by atoms with Gasteiger partial charge in [0, 0.05) is 29.1 Å². The molecular weight excluding hydrogens is 490 g/mol. The highest BCUT2D eigenvalue weighted by molar-refractivity contribution is 6.30. The summed E-state index contributed by atoms with van der Waals surface area (Å²) in [5, 5.41) is 3.96. The molecule has 1 aromatic heterocycles. The van der Waals surface area contributed by atoms with Crippen molar-refractivity contribution >= 4 is 23.5 Å². The molecule has 0 saturated heterocycles. The molecule has 1 fully saturated rings. The van der Waals surface area contributed by atoms with E-state index in [1.54, 1.807) is 4.90 Å². The standard InChI is InChI=1S/C24H26ClF4N3O3/c1-35-23(34)15-4-2-14(3-5-15)10-21(33)31-9-8-18-20(13-31)32(30-22(18)24(27,28)29)12-16-6-7-17(25)11-19(16)26/h6-7,11,14-15H,2-5,8-10,12-13H2,1H3. The number of alkyl halides is 3. The summed E-state index contributed by atoms with van der Waals surface area (Å²) < 4.78 is 61.2. The molecule has 190 valence electrons. The average Bonchev–Trinajstić information content (AvgIpc) is 3.19. The summed E-state index contributed by atoms with van der Waals surface area (Å²) in [6.45, 7) is -0.0711. The van der Waals surface area contributed by atoms with Crippen LogP contribution in [0.5, 0.6) is 0 Å². The van der Waals surface area contributed by atoms with Crippen LogP contribution in [-0.4, -0.2) is 40.2 Å². The number of amides is 1. The van der Waals surface area contributed by atoms with Gasteiger partial charge in [0.05, 0.1) is 31.8 Å². The Balaban J connectivity index is 1.49. The summed E-state index contributed by atoms with van der Waals surface area (Å²) in [5.41, 5.74) is -0.524. The molecule has 0 unspecified atom stereocenters. The predicted octanol–water partition coefficient (Wildman–Crippen LogP) is 5.00. The Morgan fingerprint density at radius 1 is 1.20 bits per heavy atom. The quantitative estimate of drug-likeness (QED) is 0.415. The van der Waals surface area contributed by atoms with Crippen molar-refractivity contribution in [2.75, 3.05) is 13.7 Å². The lowest BCUT2D eigenvalue weighted by molar-refractivity contribution is -0.147. The number of methoxy groups -OCH3 is 1. The van der Waals surface area contributed by atoms with E-state index in [0.29, 0.717) is 12.8 Å². The van der Waals surface area contributed by atoms with Crippen molar-refractivity contribution in [2.45, 2.75) is 57.8 Å². The summed E-state index contributed by atoms with van der Waals surface area (Å²) in [5.74, 6) is -1.04. The molecule has 1 aliphatic carbocycles. The van der Waals surface area contributed by atoms with E-state index in [1.807, 2.05) is 0 Å². The topological polar surface area (TPSA) is 64.4 Å². The molecule has 0 spiro atoms. The van der Waals surface area contributed by atoms with Crippen LogP contribution in [0.1, 0.15) is 54.6 Å². The number of halogens is 5. The first-order chi connectivity index (χ1) is 16.6. The van der Waals surface area contributed by atoms with Gasteiger partial charge in [-0.15, -0.1) is 0 Å². The summed E-state index contributed by atoms with van der Waals surface area (Å²) in [4.78, 5) is 26.3. The van der Waals surface area contributed by atoms with Crippen molar-refractivity contribution in [2.24, 2.45) is 11.8 Å². The average molecular weight is 516 g/mol. The van der Waals surface area contributed by atoms with Gasteiger partial charge in [-0.3, -0.25) is 14.3 Å². The van der Waals surface area contributed by atoms with Crippen molar-refractivity contribution in [3.8, 4) is 0 Å². The number of carbonyl (C=O) groups is 2. The number of ether oxygens (including phenoxy) is 1. The first kappa shape index (κ1) is 25.5. The van der Waals surface area contributed by atoms with E-state index in [-0.39, 0.29) is 78.0 Å². The van der Waals surface area contributed by atoms with Crippen LogP contribution in [0, 0.1) is 17.7 Å². The van der Waals surface area contributed by atoms with Crippen LogP contribution >= 0.6 is 11.6 Å². The molecule has 11 heteroatoms. The maximum Gasteiger partial charge on any atom is 0.435 e. The van der Waals surface area contributed by atoms with Crippen LogP contribution in [0.15, 0.2) is 18.2 Å². The SMILES string of the molecule is COC(=O)C1CCC(CC(=O)N2CCc3c(C(F)(F)F)nn(Cc4ccc(Cl)cc4F)c3C2)CC1. The van der Waals surface area contributed by atoms with Gasteiger partial charge in [-0.2, -0.15) is 18.3 Å². The maximum atomic E-state index is 14.3. The predicted molar refractivity (Wildman–Crippen MR) is 119 cm³/mol. The number of rotatable bonds is 5. The first-order valence-corrected chi connectivity index (χ1v) is 11.9. The van der Waals surface area contributed by atoms with Gasteiger partial charge in [0.2, 0.25) is 5.91 Å². The van der Waals surface area contributed by atoms with Crippen LogP contribution in [0.25, 0.3) is 0 Å². The molecule has 4 rings (SSSR count). The number of esters is 1. The van der Waals surface area contributed by atoms with Gasteiger partial charge in [0.1, 0.15) is 5.82 Å². The smallest absolute Gasteiger partial charge is 0.435 e. The van der Waals surface area contributed by atoms with Crippen LogP contribution in [0.4, 0.5) is 17.6 Å². The van der Waals surface area contributed by atoms with E-state index in [2.05, 4.69) is 5.10 Å². The van der Waals surface area contributed by atoms with Crippen molar-refractivity contribution < 1.29 is 31.9 Å². The van der Waals surface area contributed by atoms with E-state index in [1.165, 1.54) is 19.2 Å². The number of hydrogen-bond acceptors (Lipinski definition) is 4. The molecule has 2 aliphatic rings. The summed E-state index contributed by atoms with van der Waals surface area (Å²) >= 11 is 5.79. The Labute approximate surface area is 205 Å². The highest BCUT2D eigenvalue weighted by Crippen LogP contribution is 2.36. The van der Waals surface area contributed by atoms with E-state index in [0.717, 1.165) is 23.6 Å². The number of aromatic nitrogens is 2. The van der Waals surface area contributed by atoms with Gasteiger partial charge in [-0.25, -0.2) is 4.39 Å². The Morgan fingerprint density at radius 2 is 1.91 bits per heavy atom. The number of benzene rings is 1. The molecule has 35 heavy (non-hydrogen) atoms. The third-order valence-corrected chi connectivity index (χ3v) is 7.17. The molecular formula is C24H26ClF4N3O3.